The Labute approximate surface area is 82.8 Å². The van der Waals surface area contributed by atoms with Gasteiger partial charge in [-0.3, -0.25) is 0 Å². The predicted octanol–water partition coefficient (Wildman–Crippen LogP) is 2.90. The Morgan fingerprint density at radius 1 is 1.54 bits per heavy atom. The van der Waals surface area contributed by atoms with Crippen LogP contribution in [0, 0.1) is 0 Å². The van der Waals surface area contributed by atoms with E-state index in [4.69, 9.17) is 4.74 Å². The first-order valence-electron chi connectivity index (χ1n) is 4.39. The van der Waals surface area contributed by atoms with Crippen LogP contribution in [0.1, 0.15) is 5.56 Å². The lowest BCUT2D eigenvalue weighted by atomic mass is 10.2. The van der Waals surface area contributed by atoms with E-state index in [2.05, 4.69) is 18.7 Å². The van der Waals surface area contributed by atoms with E-state index in [-0.39, 0.29) is 0 Å². The van der Waals surface area contributed by atoms with Gasteiger partial charge in [0.05, 0.1) is 0 Å². The zero-order valence-corrected chi connectivity index (χ0v) is 8.27. The normalized spacial score (nSPS) is 13.8. The summed E-state index contributed by atoms with van der Waals surface area (Å²) in [5, 5.41) is 0. The Bertz CT molecular complexity index is 320. The fourth-order valence-electron chi connectivity index (χ4n) is 1.41. The number of hydrogen-bond acceptors (Lipinski definition) is 2. The SMILES string of the molecule is C=CCOc1ccc2c(c1)CCS2. The number of fused-ring (bicyclic) bond motifs is 1. The fourth-order valence-corrected chi connectivity index (χ4v) is 2.46. The van der Waals surface area contributed by atoms with E-state index < -0.39 is 0 Å². The molecule has 0 aromatic heterocycles. The van der Waals surface area contributed by atoms with Crippen molar-refractivity contribution in [1.82, 2.24) is 0 Å². The molecule has 0 aliphatic carbocycles. The quantitative estimate of drug-likeness (QED) is 0.681. The molecular formula is C11H12OS. The second kappa shape index (κ2) is 3.88. The minimum atomic E-state index is 0.589. The molecule has 0 saturated heterocycles. The van der Waals surface area contributed by atoms with Gasteiger partial charge in [0.1, 0.15) is 12.4 Å². The molecule has 0 spiro atoms. The molecule has 13 heavy (non-hydrogen) atoms. The highest BCUT2D eigenvalue weighted by atomic mass is 32.2. The van der Waals surface area contributed by atoms with E-state index in [1.54, 1.807) is 6.08 Å². The van der Waals surface area contributed by atoms with Crippen LogP contribution >= 0.6 is 11.8 Å². The minimum Gasteiger partial charge on any atom is -0.490 e. The molecule has 68 valence electrons. The van der Waals surface area contributed by atoms with Gasteiger partial charge in [0, 0.05) is 10.6 Å². The van der Waals surface area contributed by atoms with Gasteiger partial charge >= 0.3 is 0 Å². The highest BCUT2D eigenvalue weighted by Crippen LogP contribution is 2.33. The Hall–Kier alpha value is -0.890. The summed E-state index contributed by atoms with van der Waals surface area (Å²) in [6, 6.07) is 6.31. The number of ether oxygens (including phenoxy) is 1. The summed E-state index contributed by atoms with van der Waals surface area (Å²) in [6.45, 7) is 4.21. The van der Waals surface area contributed by atoms with Crippen molar-refractivity contribution in [3.8, 4) is 5.75 Å². The number of rotatable bonds is 3. The van der Waals surface area contributed by atoms with Crippen molar-refractivity contribution in [2.75, 3.05) is 12.4 Å². The molecule has 2 rings (SSSR count). The predicted molar refractivity (Wildman–Crippen MR) is 56.6 cm³/mol. The van der Waals surface area contributed by atoms with Gasteiger partial charge in [-0.2, -0.15) is 0 Å². The van der Waals surface area contributed by atoms with Gasteiger partial charge in [0.15, 0.2) is 0 Å². The van der Waals surface area contributed by atoms with Crippen LogP contribution in [0.25, 0.3) is 0 Å². The van der Waals surface area contributed by atoms with Crippen molar-refractivity contribution in [3.63, 3.8) is 0 Å². The van der Waals surface area contributed by atoms with E-state index in [0.29, 0.717) is 6.61 Å². The molecule has 1 aromatic carbocycles. The Kier molecular flexibility index (Phi) is 2.60. The molecule has 1 aliphatic heterocycles. The average Bonchev–Trinajstić information content (AvgIpc) is 2.61. The first-order chi connectivity index (χ1) is 6.40. The number of thioether (sulfide) groups is 1. The molecule has 0 atom stereocenters. The Balaban J connectivity index is 2.16. The summed E-state index contributed by atoms with van der Waals surface area (Å²) in [4.78, 5) is 1.41. The van der Waals surface area contributed by atoms with E-state index in [0.717, 1.165) is 5.75 Å². The van der Waals surface area contributed by atoms with Crippen LogP contribution in [0.2, 0.25) is 0 Å². The average molecular weight is 192 g/mol. The van der Waals surface area contributed by atoms with Crippen molar-refractivity contribution in [2.45, 2.75) is 11.3 Å². The van der Waals surface area contributed by atoms with Gasteiger partial charge in [-0.15, -0.1) is 11.8 Å². The maximum atomic E-state index is 5.45. The summed E-state index contributed by atoms with van der Waals surface area (Å²) >= 11 is 1.92. The standard InChI is InChI=1S/C11H12OS/c1-2-6-12-10-3-4-11-9(8-10)5-7-13-11/h2-4,8H,1,5-7H2. The molecule has 0 N–H and O–H groups in total. The second-order valence-corrected chi connectivity index (χ2v) is 4.10. The molecule has 1 heterocycles. The lowest BCUT2D eigenvalue weighted by Gasteiger charge is -2.04. The Morgan fingerprint density at radius 2 is 2.46 bits per heavy atom. The summed E-state index contributed by atoms with van der Waals surface area (Å²) in [5.74, 6) is 2.17. The van der Waals surface area contributed by atoms with Crippen LogP contribution in [0.5, 0.6) is 5.75 Å². The van der Waals surface area contributed by atoms with E-state index >= 15 is 0 Å². The molecule has 2 heteroatoms. The van der Waals surface area contributed by atoms with Crippen molar-refractivity contribution in [1.29, 1.82) is 0 Å². The van der Waals surface area contributed by atoms with Gasteiger partial charge in [-0.05, 0) is 30.2 Å². The van der Waals surface area contributed by atoms with Crippen LogP contribution in [-0.4, -0.2) is 12.4 Å². The first kappa shape index (κ1) is 8.70. The Morgan fingerprint density at radius 3 is 3.31 bits per heavy atom. The molecule has 0 fully saturated rings. The molecule has 1 aliphatic rings. The van der Waals surface area contributed by atoms with Crippen molar-refractivity contribution >= 4 is 11.8 Å². The minimum absolute atomic E-state index is 0.589. The smallest absolute Gasteiger partial charge is 0.120 e. The van der Waals surface area contributed by atoms with Crippen LogP contribution in [0.4, 0.5) is 0 Å². The van der Waals surface area contributed by atoms with E-state index in [1.165, 1.54) is 22.6 Å². The third kappa shape index (κ3) is 1.89. The van der Waals surface area contributed by atoms with Gasteiger partial charge in [0.25, 0.3) is 0 Å². The van der Waals surface area contributed by atoms with Gasteiger partial charge < -0.3 is 4.74 Å². The lowest BCUT2D eigenvalue weighted by molar-refractivity contribution is 0.362. The summed E-state index contributed by atoms with van der Waals surface area (Å²) < 4.78 is 5.45. The van der Waals surface area contributed by atoms with Crippen molar-refractivity contribution < 1.29 is 4.74 Å². The van der Waals surface area contributed by atoms with Gasteiger partial charge in [0.2, 0.25) is 0 Å². The number of aryl methyl sites for hydroxylation is 1. The van der Waals surface area contributed by atoms with Crippen LogP contribution in [0.15, 0.2) is 35.7 Å². The van der Waals surface area contributed by atoms with E-state index in [9.17, 15) is 0 Å². The van der Waals surface area contributed by atoms with Gasteiger partial charge in [-0.1, -0.05) is 12.7 Å². The molecular weight excluding hydrogens is 180 g/mol. The highest BCUT2D eigenvalue weighted by molar-refractivity contribution is 7.99. The third-order valence-electron chi connectivity index (χ3n) is 2.03. The molecule has 0 bridgehead atoms. The molecule has 0 radical (unpaired) electrons. The molecule has 1 aromatic rings. The largest absolute Gasteiger partial charge is 0.490 e. The van der Waals surface area contributed by atoms with Crippen molar-refractivity contribution in [2.24, 2.45) is 0 Å². The fraction of sp³-hybridized carbons (Fsp3) is 0.273. The zero-order chi connectivity index (χ0) is 9.10. The molecule has 0 unspecified atom stereocenters. The molecule has 0 saturated carbocycles. The third-order valence-corrected chi connectivity index (χ3v) is 3.15. The summed E-state index contributed by atoms with van der Waals surface area (Å²) in [6.07, 6.45) is 2.94. The van der Waals surface area contributed by atoms with Crippen LogP contribution in [0.3, 0.4) is 0 Å². The van der Waals surface area contributed by atoms with Gasteiger partial charge in [-0.25, -0.2) is 0 Å². The maximum absolute atomic E-state index is 5.45. The molecule has 0 amide bonds. The van der Waals surface area contributed by atoms with E-state index in [1.807, 2.05) is 17.8 Å². The van der Waals surface area contributed by atoms with Crippen LogP contribution < -0.4 is 4.74 Å². The molecule has 1 nitrogen and oxygen atoms in total. The summed E-state index contributed by atoms with van der Waals surface area (Å²) in [7, 11) is 0. The number of benzene rings is 1. The topological polar surface area (TPSA) is 9.23 Å². The highest BCUT2D eigenvalue weighted by Gasteiger charge is 2.11. The summed E-state index contributed by atoms with van der Waals surface area (Å²) in [5.41, 5.74) is 1.42. The first-order valence-corrected chi connectivity index (χ1v) is 5.38. The number of hydrogen-bond donors (Lipinski definition) is 0. The monoisotopic (exact) mass is 192 g/mol. The van der Waals surface area contributed by atoms with Crippen molar-refractivity contribution in [3.05, 3.63) is 36.4 Å². The lowest BCUT2D eigenvalue weighted by Crippen LogP contribution is -1.93. The zero-order valence-electron chi connectivity index (χ0n) is 7.45. The second-order valence-electron chi connectivity index (χ2n) is 2.97. The van der Waals surface area contributed by atoms with Crippen LogP contribution in [-0.2, 0) is 6.42 Å². The maximum Gasteiger partial charge on any atom is 0.120 e.